The van der Waals surface area contributed by atoms with Crippen LogP contribution in [0, 0.1) is 5.92 Å². The number of carbonyl (C=O) groups is 1. The molecule has 20 heteroatoms. The van der Waals surface area contributed by atoms with Crippen LogP contribution in [-0.2, 0) is 37.4 Å². The first-order valence-electron chi connectivity index (χ1n) is 21.3. The molecule has 2 saturated heterocycles. The summed E-state index contributed by atoms with van der Waals surface area (Å²) in [7, 11) is -0.971. The number of aromatic amines is 1. The van der Waals surface area contributed by atoms with Crippen LogP contribution >= 0.6 is 7.82 Å². The molecule has 0 aliphatic carbocycles. The molecule has 4 rings (SSSR count). The topological polar surface area (TPSA) is 229 Å². The Morgan fingerprint density at radius 3 is 2.02 bits per heavy atom. The third kappa shape index (κ3) is 14.4. The zero-order valence-corrected chi connectivity index (χ0v) is 36.4. The van der Waals surface area contributed by atoms with Crippen molar-refractivity contribution in [3.63, 3.8) is 0 Å². The number of anilines is 1. The largest absolute Gasteiger partial charge is 0.472 e. The molecule has 2 aromatic heterocycles. The number of ether oxygens (including phenoxy) is 4. The Bertz CT molecular complexity index is 1830. The van der Waals surface area contributed by atoms with Crippen LogP contribution in [0.3, 0.4) is 0 Å². The van der Waals surface area contributed by atoms with Gasteiger partial charge >= 0.3 is 19.2 Å². The molecular weight excluding hydrogens is 806 g/mol. The lowest BCUT2D eigenvalue weighted by atomic mass is 9.93. The number of hydrogen-bond acceptors (Lipinski definition) is 13. The molecule has 4 N–H and O–H groups in total. The summed E-state index contributed by atoms with van der Waals surface area (Å²) in [6.45, 7) is 2.21. The number of aromatic nitrogens is 4. The van der Waals surface area contributed by atoms with Crippen molar-refractivity contribution >= 4 is 19.5 Å². The van der Waals surface area contributed by atoms with E-state index in [2.05, 4.69) is 16.4 Å². The van der Waals surface area contributed by atoms with Gasteiger partial charge in [0.05, 0.1) is 12.7 Å². The molecule has 1 unspecified atom stereocenters. The third-order valence-corrected chi connectivity index (χ3v) is 12.3. The van der Waals surface area contributed by atoms with E-state index in [4.69, 9.17) is 29.2 Å². The van der Waals surface area contributed by atoms with Crippen LogP contribution in [0.5, 0.6) is 0 Å². The fourth-order valence-corrected chi connectivity index (χ4v) is 8.69. The number of phosphoric ester groups is 1. The first-order chi connectivity index (χ1) is 28.8. The summed E-state index contributed by atoms with van der Waals surface area (Å²) in [5, 5.41) is 0. The maximum atomic E-state index is 16.2. The van der Waals surface area contributed by atoms with Crippen LogP contribution in [0.4, 0.5) is 10.2 Å². The zero-order chi connectivity index (χ0) is 43.7. The van der Waals surface area contributed by atoms with Crippen molar-refractivity contribution in [2.45, 2.75) is 153 Å². The fraction of sp³-hybridized carbons (Fsp3) is 0.775. The molecule has 340 valence electrons. The van der Waals surface area contributed by atoms with Crippen molar-refractivity contribution in [1.29, 1.82) is 0 Å². The number of phosphoric acid groups is 1. The molecule has 0 aromatic carbocycles. The van der Waals surface area contributed by atoms with Crippen molar-refractivity contribution in [3.8, 4) is 0 Å². The average Bonchev–Trinajstić information content (AvgIpc) is 3.70. The molecule has 9 atom stereocenters. The van der Waals surface area contributed by atoms with Gasteiger partial charge in [0.25, 0.3) is 5.56 Å². The number of unbranched alkanes of at least 4 members (excludes halogenated alkanes) is 14. The van der Waals surface area contributed by atoms with Gasteiger partial charge in [0.1, 0.15) is 24.1 Å². The van der Waals surface area contributed by atoms with Crippen LogP contribution in [0.2, 0.25) is 0 Å². The van der Waals surface area contributed by atoms with E-state index >= 15 is 4.39 Å². The van der Waals surface area contributed by atoms with Gasteiger partial charge in [-0.2, -0.15) is 4.98 Å². The van der Waals surface area contributed by atoms with Gasteiger partial charge in [0.15, 0.2) is 18.6 Å². The van der Waals surface area contributed by atoms with Crippen molar-refractivity contribution in [2.24, 2.45) is 5.92 Å². The fourth-order valence-electron chi connectivity index (χ4n) is 8.04. The number of H-pyrrole nitrogens is 1. The number of halogens is 1. The van der Waals surface area contributed by atoms with E-state index < -0.39 is 79.6 Å². The number of alkyl halides is 1. The number of carbonyl (C=O) groups excluding carboxylic acids is 1. The molecule has 0 radical (unpaired) electrons. The molecule has 18 nitrogen and oxygen atoms in total. The van der Waals surface area contributed by atoms with Gasteiger partial charge in [-0.05, 0) is 12.5 Å². The smallest absolute Gasteiger partial charge is 0.383 e. The maximum Gasteiger partial charge on any atom is 0.472 e. The summed E-state index contributed by atoms with van der Waals surface area (Å²) in [5.41, 5.74) is 3.36. The Balaban J connectivity index is 1.48. The molecular formula is C40H66FN6O12P. The molecule has 60 heavy (non-hydrogen) atoms. The van der Waals surface area contributed by atoms with E-state index in [0.29, 0.717) is 6.42 Å². The first-order valence-corrected chi connectivity index (χ1v) is 22.8. The van der Waals surface area contributed by atoms with E-state index in [0.717, 1.165) is 49.6 Å². The second-order valence-corrected chi connectivity index (χ2v) is 17.2. The zero-order valence-electron chi connectivity index (χ0n) is 35.5. The highest BCUT2D eigenvalue weighted by atomic mass is 31.2. The summed E-state index contributed by atoms with van der Waals surface area (Å²) in [6.07, 6.45) is 10.1. The standard InChI is InChI=1S/C40H66FN6O12P/c1-5-6-7-8-9-10-11-12-13-14-15-16-17-18-19-22-45(26-29-36(59-60(52,53)56-4)34(41)37(57-29)46-24-21-32(48)44-40(46)51)33(49)25-28-30(27-54-2)58-38(35(28)55-3)47-23-20-31(42)43-39(47)50/h20-21,23-24,28-30,34-38H,5-19,22,25-27H2,1-4H3,(H,52,53)(H2,42,43,50)(H,44,48,51)/t28-,29-,30-,34-,35-,36-,37-,38-/m1/s1. The predicted octanol–water partition coefficient (Wildman–Crippen LogP) is 5.01. The number of nitrogens with zero attached hydrogens (tertiary/aromatic N) is 4. The van der Waals surface area contributed by atoms with Gasteiger partial charge in [-0.15, -0.1) is 0 Å². The lowest BCUT2D eigenvalue weighted by molar-refractivity contribution is -0.137. The van der Waals surface area contributed by atoms with Crippen molar-refractivity contribution in [2.75, 3.05) is 46.8 Å². The van der Waals surface area contributed by atoms with Crippen molar-refractivity contribution in [3.05, 3.63) is 55.8 Å². The minimum atomic E-state index is -4.81. The summed E-state index contributed by atoms with van der Waals surface area (Å²) in [6, 6.07) is 2.45. The Kier molecular flexibility index (Phi) is 20.5. The number of nitrogens with one attached hydrogen (secondary N) is 1. The molecule has 2 aliphatic rings. The van der Waals surface area contributed by atoms with Crippen LogP contribution in [0.15, 0.2) is 38.9 Å². The molecule has 0 saturated carbocycles. The number of rotatable bonds is 28. The summed E-state index contributed by atoms with van der Waals surface area (Å²) in [5.74, 6) is -1.01. The van der Waals surface area contributed by atoms with Crippen molar-refractivity contribution < 1.29 is 46.6 Å². The van der Waals surface area contributed by atoms with Gasteiger partial charge in [0.2, 0.25) is 5.91 Å². The lowest BCUT2D eigenvalue weighted by Crippen LogP contribution is -2.45. The number of nitrogens with two attached hydrogens (primary N) is 1. The van der Waals surface area contributed by atoms with Gasteiger partial charge in [-0.3, -0.25) is 32.8 Å². The highest BCUT2D eigenvalue weighted by molar-refractivity contribution is 7.47. The monoisotopic (exact) mass is 872 g/mol. The second kappa shape index (κ2) is 25.0. The van der Waals surface area contributed by atoms with Crippen molar-refractivity contribution in [1.82, 2.24) is 24.0 Å². The van der Waals surface area contributed by atoms with Crippen LogP contribution in [-0.4, -0.2) is 106 Å². The summed E-state index contributed by atoms with van der Waals surface area (Å²) < 4.78 is 64.3. The SMILES string of the molecule is CCCCCCCCCCCCCCCCCN(C[C@H]1O[C@@H](n2ccc(=O)[nH]c2=O)[C@H](F)[C@@H]1OP(=O)(O)OC)C(=O)C[C@H]1[C@@H](OC)[C@H](n2ccc(N)nc2=O)O[C@@H]1COC. The molecule has 1 amide bonds. The second-order valence-electron chi connectivity index (χ2n) is 15.7. The summed E-state index contributed by atoms with van der Waals surface area (Å²) >= 11 is 0. The number of amides is 1. The highest BCUT2D eigenvalue weighted by Crippen LogP contribution is 2.48. The molecule has 4 heterocycles. The first kappa shape index (κ1) is 49.4. The quantitative estimate of drug-likeness (QED) is 0.0755. The minimum absolute atomic E-state index is 0.0282. The van der Waals surface area contributed by atoms with E-state index in [-0.39, 0.29) is 31.9 Å². The molecule has 0 bridgehead atoms. The number of hydrogen-bond donors (Lipinski definition) is 3. The highest BCUT2D eigenvalue weighted by Gasteiger charge is 2.52. The van der Waals surface area contributed by atoms with Gasteiger partial charge in [0, 0.05) is 65.2 Å². The maximum absolute atomic E-state index is 16.2. The van der Waals surface area contributed by atoms with E-state index in [9.17, 15) is 28.6 Å². The average molecular weight is 873 g/mol. The Morgan fingerprint density at radius 1 is 0.883 bits per heavy atom. The molecule has 2 aliphatic heterocycles. The molecule has 0 spiro atoms. The van der Waals surface area contributed by atoms with Crippen LogP contribution in [0.25, 0.3) is 0 Å². The Hall–Kier alpha value is -3.29. The predicted molar refractivity (Wildman–Crippen MR) is 221 cm³/mol. The number of methoxy groups -OCH3 is 2. The normalized spacial score (nSPS) is 25.1. The van der Waals surface area contributed by atoms with E-state index in [1.165, 1.54) is 100 Å². The molecule has 2 aromatic rings. The van der Waals surface area contributed by atoms with Crippen LogP contribution < -0.4 is 22.7 Å². The Morgan fingerprint density at radius 2 is 1.47 bits per heavy atom. The van der Waals surface area contributed by atoms with Crippen LogP contribution in [0.1, 0.15) is 122 Å². The Labute approximate surface area is 350 Å². The summed E-state index contributed by atoms with van der Waals surface area (Å²) in [4.78, 5) is 69.3. The number of nitrogen functional groups attached to an aromatic ring is 1. The third-order valence-electron chi connectivity index (χ3n) is 11.3. The van der Waals surface area contributed by atoms with E-state index in [1.807, 2.05) is 4.98 Å². The van der Waals surface area contributed by atoms with E-state index in [1.54, 1.807) is 0 Å². The lowest BCUT2D eigenvalue weighted by Gasteiger charge is -2.31. The van der Waals surface area contributed by atoms with Gasteiger partial charge in [-0.25, -0.2) is 18.5 Å². The van der Waals surface area contributed by atoms with Gasteiger partial charge < -0.3 is 34.5 Å². The minimum Gasteiger partial charge on any atom is -0.383 e. The van der Waals surface area contributed by atoms with Gasteiger partial charge in [-0.1, -0.05) is 96.8 Å². The molecule has 2 fully saturated rings.